The molecule has 0 bridgehead atoms. The van der Waals surface area contributed by atoms with E-state index in [4.69, 9.17) is 5.73 Å². The summed E-state index contributed by atoms with van der Waals surface area (Å²) >= 11 is 0. The third-order valence-corrected chi connectivity index (χ3v) is 3.74. The van der Waals surface area contributed by atoms with Crippen LogP contribution in [0.25, 0.3) is 0 Å². The number of nitrogens with one attached hydrogen (secondary N) is 1. The number of halogens is 3. The summed E-state index contributed by atoms with van der Waals surface area (Å²) in [5, 5.41) is 3.03. The number of carbonyl (C=O) groups is 1. The molecule has 0 saturated heterocycles. The van der Waals surface area contributed by atoms with Gasteiger partial charge in [-0.2, -0.15) is 13.2 Å². The van der Waals surface area contributed by atoms with Crippen LogP contribution in [0.4, 0.5) is 13.2 Å². The molecule has 2 aliphatic rings. The highest BCUT2D eigenvalue weighted by molar-refractivity contribution is 5.85. The van der Waals surface area contributed by atoms with Gasteiger partial charge in [-0.1, -0.05) is 6.42 Å². The highest BCUT2D eigenvalue weighted by Crippen LogP contribution is 2.42. The molecule has 2 unspecified atom stereocenters. The Hall–Kier alpha value is -0.780. The Morgan fingerprint density at radius 1 is 1.29 bits per heavy atom. The molecule has 2 atom stereocenters. The number of nitrogens with two attached hydrogens (primary N) is 1. The van der Waals surface area contributed by atoms with Gasteiger partial charge < -0.3 is 11.1 Å². The fraction of sp³-hybridized carbons (Fsp3) is 0.909. The van der Waals surface area contributed by atoms with Crippen molar-refractivity contribution in [3.8, 4) is 0 Å². The van der Waals surface area contributed by atoms with E-state index >= 15 is 0 Å². The van der Waals surface area contributed by atoms with Gasteiger partial charge in [-0.15, -0.1) is 0 Å². The predicted molar refractivity (Wildman–Crippen MR) is 56.1 cm³/mol. The van der Waals surface area contributed by atoms with E-state index in [2.05, 4.69) is 5.32 Å². The first-order chi connectivity index (χ1) is 7.83. The van der Waals surface area contributed by atoms with Crippen LogP contribution in [0.15, 0.2) is 0 Å². The molecule has 3 N–H and O–H groups in total. The Labute approximate surface area is 97.9 Å². The Balaban J connectivity index is 2.12. The lowest BCUT2D eigenvalue weighted by atomic mass is 9.74. The first-order valence-electron chi connectivity index (χ1n) is 5.98. The minimum atomic E-state index is -4.23. The zero-order valence-corrected chi connectivity index (χ0v) is 9.52. The van der Waals surface area contributed by atoms with Gasteiger partial charge in [-0.3, -0.25) is 4.79 Å². The third kappa shape index (κ3) is 2.73. The lowest BCUT2D eigenvalue weighted by Crippen LogP contribution is -2.59. The van der Waals surface area contributed by atoms with Crippen molar-refractivity contribution in [3.05, 3.63) is 0 Å². The molecule has 98 valence electrons. The maximum Gasteiger partial charge on any atom is 0.391 e. The number of primary amides is 1. The predicted octanol–water partition coefficient (Wildman–Crippen LogP) is 1.71. The SMILES string of the molecule is NC(=O)C1(NC2CC2)CCCC(C(F)(F)F)C1. The zero-order chi connectivity index (χ0) is 12.7. The molecule has 2 aliphatic carbocycles. The lowest BCUT2D eigenvalue weighted by molar-refractivity contribution is -0.188. The van der Waals surface area contributed by atoms with Crippen LogP contribution in [0.2, 0.25) is 0 Å². The van der Waals surface area contributed by atoms with Crippen molar-refractivity contribution in [1.82, 2.24) is 5.32 Å². The van der Waals surface area contributed by atoms with Crippen molar-refractivity contribution in [2.75, 3.05) is 0 Å². The van der Waals surface area contributed by atoms with Crippen LogP contribution in [0, 0.1) is 5.92 Å². The maximum absolute atomic E-state index is 12.7. The van der Waals surface area contributed by atoms with Crippen LogP contribution < -0.4 is 11.1 Å². The van der Waals surface area contributed by atoms with E-state index in [1.54, 1.807) is 0 Å². The van der Waals surface area contributed by atoms with Crippen molar-refractivity contribution < 1.29 is 18.0 Å². The van der Waals surface area contributed by atoms with Gasteiger partial charge in [0.15, 0.2) is 0 Å². The van der Waals surface area contributed by atoms with Gasteiger partial charge in [0.05, 0.1) is 11.5 Å². The zero-order valence-electron chi connectivity index (χ0n) is 9.52. The Morgan fingerprint density at radius 3 is 2.41 bits per heavy atom. The van der Waals surface area contributed by atoms with Crippen LogP contribution in [0.3, 0.4) is 0 Å². The molecule has 0 radical (unpaired) electrons. The second-order valence-electron chi connectivity index (χ2n) is 5.20. The molecule has 1 amide bonds. The molecule has 2 fully saturated rings. The van der Waals surface area contributed by atoms with E-state index in [9.17, 15) is 18.0 Å². The third-order valence-electron chi connectivity index (χ3n) is 3.74. The van der Waals surface area contributed by atoms with Gasteiger partial charge in [0.25, 0.3) is 0 Å². The number of amides is 1. The van der Waals surface area contributed by atoms with E-state index < -0.39 is 23.5 Å². The van der Waals surface area contributed by atoms with Crippen molar-refractivity contribution >= 4 is 5.91 Å². The maximum atomic E-state index is 12.7. The second-order valence-corrected chi connectivity index (χ2v) is 5.20. The highest BCUT2D eigenvalue weighted by atomic mass is 19.4. The molecule has 0 aromatic carbocycles. The molecule has 3 nitrogen and oxygen atoms in total. The largest absolute Gasteiger partial charge is 0.391 e. The summed E-state index contributed by atoms with van der Waals surface area (Å²) in [6, 6.07) is 0.175. The monoisotopic (exact) mass is 250 g/mol. The van der Waals surface area contributed by atoms with Gasteiger partial charge in [0.1, 0.15) is 0 Å². The average molecular weight is 250 g/mol. The smallest absolute Gasteiger partial charge is 0.368 e. The summed E-state index contributed by atoms with van der Waals surface area (Å²) in [7, 11) is 0. The van der Waals surface area contributed by atoms with Crippen LogP contribution in [-0.4, -0.2) is 23.7 Å². The molecule has 2 rings (SSSR count). The summed E-state index contributed by atoms with van der Waals surface area (Å²) in [6.45, 7) is 0. The fourth-order valence-electron chi connectivity index (χ4n) is 2.60. The lowest BCUT2D eigenvalue weighted by Gasteiger charge is -2.40. The van der Waals surface area contributed by atoms with Crippen LogP contribution in [0.5, 0.6) is 0 Å². The summed E-state index contributed by atoms with van der Waals surface area (Å²) in [5.74, 6) is -2.05. The van der Waals surface area contributed by atoms with E-state index in [0.717, 1.165) is 12.8 Å². The standard InChI is InChI=1S/C11H17F3N2O/c12-11(13,14)7-2-1-5-10(6-7,9(15)17)16-8-3-4-8/h7-8,16H,1-6H2,(H2,15,17). The first-order valence-corrected chi connectivity index (χ1v) is 5.98. The fourth-order valence-corrected chi connectivity index (χ4v) is 2.60. The van der Waals surface area contributed by atoms with Crippen molar-refractivity contribution in [1.29, 1.82) is 0 Å². The van der Waals surface area contributed by atoms with Gasteiger partial charge in [-0.25, -0.2) is 0 Å². The van der Waals surface area contributed by atoms with E-state index in [0.29, 0.717) is 12.8 Å². The minimum absolute atomic E-state index is 0.102. The highest BCUT2D eigenvalue weighted by Gasteiger charge is 2.51. The van der Waals surface area contributed by atoms with Crippen molar-refractivity contribution in [3.63, 3.8) is 0 Å². The van der Waals surface area contributed by atoms with Gasteiger partial charge in [-0.05, 0) is 32.1 Å². The van der Waals surface area contributed by atoms with E-state index in [1.165, 1.54) is 0 Å². The van der Waals surface area contributed by atoms with Crippen LogP contribution in [-0.2, 0) is 4.79 Å². The summed E-state index contributed by atoms with van der Waals surface area (Å²) < 4.78 is 38.2. The number of carbonyl (C=O) groups excluding carboxylic acids is 1. The van der Waals surface area contributed by atoms with Crippen LogP contribution >= 0.6 is 0 Å². The molecule has 17 heavy (non-hydrogen) atoms. The summed E-state index contributed by atoms with van der Waals surface area (Å²) in [4.78, 5) is 11.5. The first kappa shape index (κ1) is 12.7. The Bertz CT molecular complexity index is 314. The average Bonchev–Trinajstić information content (AvgIpc) is 3.00. The Kier molecular flexibility index (Phi) is 3.10. The molecule has 0 aromatic rings. The van der Waals surface area contributed by atoms with E-state index in [1.807, 2.05) is 0 Å². The molecular formula is C11H17F3N2O. The molecule has 0 spiro atoms. The molecule has 0 aromatic heterocycles. The van der Waals surface area contributed by atoms with E-state index in [-0.39, 0.29) is 18.9 Å². The number of rotatable bonds is 3. The molecule has 0 aliphatic heterocycles. The number of hydrogen-bond acceptors (Lipinski definition) is 2. The second kappa shape index (κ2) is 4.15. The van der Waals surface area contributed by atoms with Gasteiger partial charge in [0, 0.05) is 6.04 Å². The van der Waals surface area contributed by atoms with Crippen molar-refractivity contribution in [2.24, 2.45) is 11.7 Å². The minimum Gasteiger partial charge on any atom is -0.368 e. The van der Waals surface area contributed by atoms with Gasteiger partial charge >= 0.3 is 6.18 Å². The number of alkyl halides is 3. The van der Waals surface area contributed by atoms with Gasteiger partial charge in [0.2, 0.25) is 5.91 Å². The van der Waals surface area contributed by atoms with Crippen LogP contribution in [0.1, 0.15) is 38.5 Å². The summed E-state index contributed by atoms with van der Waals surface area (Å²) in [6.07, 6.45) is -1.67. The summed E-state index contributed by atoms with van der Waals surface area (Å²) in [5.41, 5.74) is 4.18. The topological polar surface area (TPSA) is 55.1 Å². The number of hydrogen-bond donors (Lipinski definition) is 2. The molecule has 6 heteroatoms. The molecule has 0 heterocycles. The quantitative estimate of drug-likeness (QED) is 0.801. The molecular weight excluding hydrogens is 233 g/mol. The molecule has 2 saturated carbocycles. The Morgan fingerprint density at radius 2 is 1.94 bits per heavy atom. The van der Waals surface area contributed by atoms with Crippen molar-refractivity contribution in [2.45, 2.75) is 56.3 Å². The normalized spacial score (nSPS) is 34.6.